The van der Waals surface area contributed by atoms with Gasteiger partial charge in [0.05, 0.1) is 0 Å². The maximum atomic E-state index is 9.83. The third kappa shape index (κ3) is 1.30. The molecule has 0 heterocycles. The molecule has 0 radical (unpaired) electrons. The Morgan fingerprint density at radius 3 is 3.00 bits per heavy atom. The van der Waals surface area contributed by atoms with Crippen LogP contribution in [0.4, 0.5) is 0 Å². The third-order valence-corrected chi connectivity index (χ3v) is 1.29. The van der Waals surface area contributed by atoms with E-state index in [4.69, 9.17) is 0 Å². The van der Waals surface area contributed by atoms with Crippen LogP contribution in [0.3, 0.4) is 0 Å². The lowest BCUT2D eigenvalue weighted by molar-refractivity contribution is 0.562. The second-order valence-electron chi connectivity index (χ2n) is 1.98. The predicted octanol–water partition coefficient (Wildman–Crippen LogP) is 1.37. The molecule has 1 unspecified atom stereocenters. The molecule has 1 atom stereocenters. The molecule has 1 aliphatic rings. The summed E-state index contributed by atoms with van der Waals surface area (Å²) in [6, 6.07) is -0.192. The quantitative estimate of drug-likeness (QED) is 0.392. The van der Waals surface area contributed by atoms with Gasteiger partial charge in [-0.1, -0.05) is 30.9 Å². The van der Waals surface area contributed by atoms with E-state index in [1.54, 1.807) is 6.08 Å². The van der Waals surface area contributed by atoms with E-state index in [-0.39, 0.29) is 6.04 Å². The molecule has 0 aliphatic heterocycles. The van der Waals surface area contributed by atoms with Crippen LogP contribution in [0.15, 0.2) is 41.4 Å². The van der Waals surface area contributed by atoms with Gasteiger partial charge in [-0.3, -0.25) is 0 Å². The largest absolute Gasteiger partial charge is 0.235 e. The van der Waals surface area contributed by atoms with Gasteiger partial charge in [-0.15, -0.1) is 0 Å². The highest BCUT2D eigenvalue weighted by Crippen LogP contribution is 2.11. The van der Waals surface area contributed by atoms with Crippen LogP contribution in [0.1, 0.15) is 0 Å². The van der Waals surface area contributed by atoms with Gasteiger partial charge in [0.2, 0.25) is 6.08 Å². The molecule has 0 aromatic rings. The summed E-state index contributed by atoms with van der Waals surface area (Å²) in [7, 11) is 0. The normalized spacial score (nSPS) is 22.4. The lowest BCUT2D eigenvalue weighted by atomic mass is 10.1. The smallest absolute Gasteiger partial charge is 0.211 e. The molecule has 50 valence electrons. The molecule has 1 rings (SSSR count). The van der Waals surface area contributed by atoms with Gasteiger partial charge in [0, 0.05) is 0 Å². The summed E-state index contributed by atoms with van der Waals surface area (Å²) in [5.74, 6) is 0. The number of nitrogens with zero attached hydrogens (tertiary/aromatic N) is 1. The minimum Gasteiger partial charge on any atom is -0.211 e. The van der Waals surface area contributed by atoms with E-state index < -0.39 is 0 Å². The molecule has 0 aromatic carbocycles. The summed E-state index contributed by atoms with van der Waals surface area (Å²) < 4.78 is 0. The van der Waals surface area contributed by atoms with Crippen molar-refractivity contribution in [1.29, 1.82) is 0 Å². The van der Waals surface area contributed by atoms with Crippen LogP contribution in [-0.4, -0.2) is 12.1 Å². The zero-order valence-electron chi connectivity index (χ0n) is 5.45. The first kappa shape index (κ1) is 6.72. The zero-order valence-corrected chi connectivity index (χ0v) is 5.45. The van der Waals surface area contributed by atoms with Crippen molar-refractivity contribution in [1.82, 2.24) is 0 Å². The molecule has 1 aliphatic carbocycles. The Morgan fingerprint density at radius 2 is 2.40 bits per heavy atom. The van der Waals surface area contributed by atoms with Crippen LogP contribution in [0.2, 0.25) is 0 Å². The van der Waals surface area contributed by atoms with Crippen LogP contribution >= 0.6 is 0 Å². The fourth-order valence-corrected chi connectivity index (χ4v) is 0.753. The van der Waals surface area contributed by atoms with Crippen molar-refractivity contribution in [2.24, 2.45) is 4.99 Å². The second-order valence-corrected chi connectivity index (χ2v) is 1.98. The zero-order chi connectivity index (χ0) is 7.40. The number of hydrogen-bond acceptors (Lipinski definition) is 2. The van der Waals surface area contributed by atoms with Gasteiger partial charge < -0.3 is 0 Å². The Balaban J connectivity index is 2.79. The van der Waals surface area contributed by atoms with Crippen molar-refractivity contribution in [3.8, 4) is 0 Å². The molecule has 10 heavy (non-hydrogen) atoms. The molecule has 0 amide bonds. The van der Waals surface area contributed by atoms with Crippen molar-refractivity contribution in [2.75, 3.05) is 0 Å². The third-order valence-electron chi connectivity index (χ3n) is 1.29. The standard InChI is InChI=1S/C8H7NO/c1-7-4-2-3-5-8(7)9-6-10/h2-5,8H,1H2. The van der Waals surface area contributed by atoms with Crippen LogP contribution in [0.25, 0.3) is 0 Å². The van der Waals surface area contributed by atoms with Crippen molar-refractivity contribution >= 4 is 6.08 Å². The Bertz CT molecular complexity index is 244. The number of rotatable bonds is 1. The van der Waals surface area contributed by atoms with E-state index in [1.165, 1.54) is 6.08 Å². The van der Waals surface area contributed by atoms with E-state index in [0.717, 1.165) is 5.57 Å². The average Bonchev–Trinajstić information content (AvgIpc) is 1.94. The average molecular weight is 133 g/mol. The Hall–Kier alpha value is -1.40. The van der Waals surface area contributed by atoms with Crippen molar-refractivity contribution in [3.63, 3.8) is 0 Å². The van der Waals surface area contributed by atoms with Crippen LogP contribution in [0.5, 0.6) is 0 Å². The number of carbonyl (C=O) groups excluding carboxylic acids is 1. The molecule has 0 saturated heterocycles. The summed E-state index contributed by atoms with van der Waals surface area (Å²) in [4.78, 5) is 13.3. The lowest BCUT2D eigenvalue weighted by Crippen LogP contribution is -2.03. The first-order valence-electron chi connectivity index (χ1n) is 2.95. The minimum absolute atomic E-state index is 0.192. The predicted molar refractivity (Wildman–Crippen MR) is 39.3 cm³/mol. The minimum atomic E-state index is -0.192. The molecule has 2 nitrogen and oxygen atoms in total. The highest BCUT2D eigenvalue weighted by atomic mass is 16.1. The van der Waals surface area contributed by atoms with Crippen molar-refractivity contribution < 1.29 is 4.79 Å². The Labute approximate surface area is 59.3 Å². The molecule has 0 bridgehead atoms. The second kappa shape index (κ2) is 2.95. The summed E-state index contributed by atoms with van der Waals surface area (Å²) in [5.41, 5.74) is 0.825. The monoisotopic (exact) mass is 133 g/mol. The first-order valence-corrected chi connectivity index (χ1v) is 2.95. The molecule has 2 heteroatoms. The van der Waals surface area contributed by atoms with Crippen molar-refractivity contribution in [2.45, 2.75) is 6.04 Å². The lowest BCUT2D eigenvalue weighted by Gasteiger charge is -2.06. The van der Waals surface area contributed by atoms with Gasteiger partial charge >= 0.3 is 0 Å². The van der Waals surface area contributed by atoms with E-state index in [0.29, 0.717) is 0 Å². The van der Waals surface area contributed by atoms with Crippen LogP contribution in [0, 0.1) is 0 Å². The number of allylic oxidation sites excluding steroid dienone is 2. The topological polar surface area (TPSA) is 29.4 Å². The molecule has 0 saturated carbocycles. The summed E-state index contributed by atoms with van der Waals surface area (Å²) >= 11 is 0. The SMILES string of the molecule is C=C1C=CC=CC1N=C=O. The van der Waals surface area contributed by atoms with Crippen molar-refractivity contribution in [3.05, 3.63) is 36.5 Å². The number of aliphatic imine (C=N–C) groups is 1. The number of isocyanates is 1. The van der Waals surface area contributed by atoms with Crippen LogP contribution in [-0.2, 0) is 4.79 Å². The number of hydrogen-bond donors (Lipinski definition) is 0. The van der Waals surface area contributed by atoms with E-state index >= 15 is 0 Å². The fraction of sp³-hybridized carbons (Fsp3) is 0.125. The fourth-order valence-electron chi connectivity index (χ4n) is 0.753. The molecular formula is C8H7NO. The van der Waals surface area contributed by atoms with E-state index in [1.807, 2.05) is 18.2 Å². The summed E-state index contributed by atoms with van der Waals surface area (Å²) in [6.45, 7) is 3.70. The maximum Gasteiger partial charge on any atom is 0.235 e. The first-order chi connectivity index (χ1) is 4.84. The van der Waals surface area contributed by atoms with Gasteiger partial charge in [0.1, 0.15) is 6.04 Å². The van der Waals surface area contributed by atoms with E-state index in [9.17, 15) is 4.79 Å². The Kier molecular flexibility index (Phi) is 1.98. The molecule has 0 spiro atoms. The van der Waals surface area contributed by atoms with Gasteiger partial charge in [-0.05, 0) is 5.57 Å². The van der Waals surface area contributed by atoms with Gasteiger partial charge in [-0.2, -0.15) is 4.99 Å². The van der Waals surface area contributed by atoms with Crippen LogP contribution < -0.4 is 0 Å². The highest BCUT2D eigenvalue weighted by Gasteiger charge is 2.05. The molecule has 0 N–H and O–H groups in total. The van der Waals surface area contributed by atoms with Gasteiger partial charge in [-0.25, -0.2) is 4.79 Å². The van der Waals surface area contributed by atoms with Gasteiger partial charge in [0.25, 0.3) is 0 Å². The molecule has 0 aromatic heterocycles. The molecular weight excluding hydrogens is 126 g/mol. The molecule has 0 fully saturated rings. The van der Waals surface area contributed by atoms with E-state index in [2.05, 4.69) is 11.6 Å². The Morgan fingerprint density at radius 1 is 1.60 bits per heavy atom. The maximum absolute atomic E-state index is 9.83. The highest BCUT2D eigenvalue weighted by molar-refractivity contribution is 5.41. The summed E-state index contributed by atoms with van der Waals surface area (Å²) in [6.07, 6.45) is 8.81. The summed E-state index contributed by atoms with van der Waals surface area (Å²) in [5, 5.41) is 0. The van der Waals surface area contributed by atoms with Gasteiger partial charge in [0.15, 0.2) is 0 Å².